The molecule has 1 heterocycles. The van der Waals surface area contributed by atoms with Crippen LogP contribution < -0.4 is 5.32 Å². The van der Waals surface area contributed by atoms with Gasteiger partial charge in [-0.3, -0.25) is 0 Å². The highest BCUT2D eigenvalue weighted by Gasteiger charge is 2.20. The predicted molar refractivity (Wildman–Crippen MR) is 114 cm³/mol. The Morgan fingerprint density at radius 1 is 1.27 bits per heavy atom. The molecule has 26 heavy (non-hydrogen) atoms. The number of carbonyl (C=O) groups excluding carboxylic acids is 1. The van der Waals surface area contributed by atoms with Crippen LogP contribution >= 0.6 is 23.6 Å². The molecule has 136 valence electrons. The van der Waals surface area contributed by atoms with Crippen LogP contribution in [0.3, 0.4) is 0 Å². The number of esters is 1. The third-order valence-electron chi connectivity index (χ3n) is 3.49. The SMILES string of the molecule is C=CCN(CC=C)C(=S)Nc1sc(-c2ccccc2)cc1C(=O)OCC. The molecule has 2 rings (SSSR count). The monoisotopic (exact) mass is 386 g/mol. The summed E-state index contributed by atoms with van der Waals surface area (Å²) < 4.78 is 5.19. The lowest BCUT2D eigenvalue weighted by Gasteiger charge is -2.22. The number of hydrogen-bond acceptors (Lipinski definition) is 4. The van der Waals surface area contributed by atoms with Crippen LogP contribution in [0.1, 0.15) is 17.3 Å². The van der Waals surface area contributed by atoms with Gasteiger partial charge < -0.3 is 15.0 Å². The first-order valence-corrected chi connectivity index (χ1v) is 9.47. The lowest BCUT2D eigenvalue weighted by Crippen LogP contribution is -2.35. The molecule has 1 aromatic heterocycles. The summed E-state index contributed by atoms with van der Waals surface area (Å²) in [5.41, 5.74) is 1.52. The topological polar surface area (TPSA) is 41.6 Å². The summed E-state index contributed by atoms with van der Waals surface area (Å²) in [5, 5.41) is 4.37. The van der Waals surface area contributed by atoms with Crippen molar-refractivity contribution in [3.8, 4) is 10.4 Å². The molecule has 0 radical (unpaired) electrons. The molecule has 0 bridgehead atoms. The van der Waals surface area contributed by atoms with Crippen molar-refractivity contribution in [2.45, 2.75) is 6.92 Å². The maximum Gasteiger partial charge on any atom is 0.341 e. The number of carbonyl (C=O) groups is 1. The summed E-state index contributed by atoms with van der Waals surface area (Å²) >= 11 is 6.97. The molecule has 0 aliphatic rings. The molecule has 1 aromatic carbocycles. The molecule has 4 nitrogen and oxygen atoms in total. The van der Waals surface area contributed by atoms with E-state index in [2.05, 4.69) is 18.5 Å². The molecule has 0 unspecified atom stereocenters. The fraction of sp³-hybridized carbons (Fsp3) is 0.200. The van der Waals surface area contributed by atoms with E-state index in [9.17, 15) is 4.79 Å². The molecular formula is C20H22N2O2S2. The first kappa shape index (κ1) is 19.9. The van der Waals surface area contributed by atoms with Crippen molar-refractivity contribution < 1.29 is 9.53 Å². The van der Waals surface area contributed by atoms with Crippen molar-refractivity contribution in [1.82, 2.24) is 4.90 Å². The van der Waals surface area contributed by atoms with Gasteiger partial charge in [-0.05, 0) is 30.8 Å². The van der Waals surface area contributed by atoms with Crippen LogP contribution in [0.15, 0.2) is 61.7 Å². The summed E-state index contributed by atoms with van der Waals surface area (Å²) in [6.45, 7) is 10.8. The minimum absolute atomic E-state index is 0.318. The van der Waals surface area contributed by atoms with Gasteiger partial charge in [0.25, 0.3) is 0 Å². The van der Waals surface area contributed by atoms with Gasteiger partial charge in [0.1, 0.15) is 5.00 Å². The Hall–Kier alpha value is -2.44. The van der Waals surface area contributed by atoms with Crippen molar-refractivity contribution in [3.63, 3.8) is 0 Å². The first-order valence-electron chi connectivity index (χ1n) is 8.24. The smallest absolute Gasteiger partial charge is 0.341 e. The largest absolute Gasteiger partial charge is 0.462 e. The molecule has 0 amide bonds. The van der Waals surface area contributed by atoms with Crippen molar-refractivity contribution in [3.05, 3.63) is 67.3 Å². The zero-order valence-corrected chi connectivity index (χ0v) is 16.4. The van der Waals surface area contributed by atoms with Gasteiger partial charge in [0.2, 0.25) is 0 Å². The number of thiocarbonyl (C=S) groups is 1. The van der Waals surface area contributed by atoms with E-state index < -0.39 is 0 Å². The van der Waals surface area contributed by atoms with Crippen LogP contribution in [-0.4, -0.2) is 35.7 Å². The average molecular weight is 387 g/mol. The fourth-order valence-corrected chi connectivity index (χ4v) is 3.68. The van der Waals surface area contributed by atoms with Crippen molar-refractivity contribution in [2.75, 3.05) is 25.0 Å². The lowest BCUT2D eigenvalue weighted by atomic mass is 10.1. The van der Waals surface area contributed by atoms with Gasteiger partial charge in [0.05, 0.1) is 12.2 Å². The summed E-state index contributed by atoms with van der Waals surface area (Å²) in [6, 6.07) is 11.7. The molecule has 0 aliphatic heterocycles. The maximum absolute atomic E-state index is 12.4. The van der Waals surface area contributed by atoms with Gasteiger partial charge in [0.15, 0.2) is 5.11 Å². The molecule has 0 spiro atoms. The molecule has 0 saturated carbocycles. The third kappa shape index (κ3) is 5.03. The van der Waals surface area contributed by atoms with E-state index in [1.54, 1.807) is 19.1 Å². The maximum atomic E-state index is 12.4. The molecule has 1 N–H and O–H groups in total. The van der Waals surface area contributed by atoms with Gasteiger partial charge in [-0.2, -0.15) is 0 Å². The zero-order chi connectivity index (χ0) is 18.9. The zero-order valence-electron chi connectivity index (χ0n) is 14.7. The van der Waals surface area contributed by atoms with E-state index in [4.69, 9.17) is 17.0 Å². The quantitative estimate of drug-likeness (QED) is 0.394. The number of anilines is 1. The summed E-state index contributed by atoms with van der Waals surface area (Å²) in [4.78, 5) is 15.2. The van der Waals surface area contributed by atoms with Crippen molar-refractivity contribution in [1.29, 1.82) is 0 Å². The molecule has 2 aromatic rings. The van der Waals surface area contributed by atoms with Crippen LogP contribution in [0, 0.1) is 0 Å². The first-order chi connectivity index (χ1) is 12.6. The minimum atomic E-state index is -0.366. The molecule has 6 heteroatoms. The van der Waals surface area contributed by atoms with E-state index in [-0.39, 0.29) is 5.97 Å². The lowest BCUT2D eigenvalue weighted by molar-refractivity contribution is 0.0528. The third-order valence-corrected chi connectivity index (χ3v) is 4.95. The number of nitrogens with one attached hydrogen (secondary N) is 1. The second-order valence-corrected chi connectivity index (χ2v) is 6.79. The highest BCUT2D eigenvalue weighted by Crippen LogP contribution is 2.36. The molecule has 0 atom stereocenters. The minimum Gasteiger partial charge on any atom is -0.462 e. The van der Waals surface area contributed by atoms with Crippen molar-refractivity contribution in [2.24, 2.45) is 0 Å². The Kier molecular flexibility index (Phi) is 7.56. The van der Waals surface area contributed by atoms with Crippen molar-refractivity contribution >= 4 is 39.6 Å². The number of rotatable bonds is 8. The Labute approximate surface area is 163 Å². The Morgan fingerprint density at radius 2 is 1.92 bits per heavy atom. The van der Waals surface area contributed by atoms with E-state index in [0.29, 0.717) is 35.4 Å². The Morgan fingerprint density at radius 3 is 2.50 bits per heavy atom. The number of benzene rings is 1. The van der Waals surface area contributed by atoms with Gasteiger partial charge in [-0.15, -0.1) is 24.5 Å². The van der Waals surface area contributed by atoms with E-state index in [0.717, 1.165) is 10.4 Å². The van der Waals surface area contributed by atoms with Gasteiger partial charge in [-0.25, -0.2) is 4.79 Å². The van der Waals surface area contributed by atoms with Crippen LogP contribution in [0.5, 0.6) is 0 Å². The Bertz CT molecular complexity index is 774. The second-order valence-electron chi connectivity index (χ2n) is 5.35. The molecule has 0 fully saturated rings. The summed E-state index contributed by atoms with van der Waals surface area (Å²) in [5.74, 6) is -0.366. The number of nitrogens with zero attached hydrogens (tertiary/aromatic N) is 1. The molecular weight excluding hydrogens is 364 g/mol. The second kappa shape index (κ2) is 9.89. The van der Waals surface area contributed by atoms with Crippen LogP contribution in [0.4, 0.5) is 5.00 Å². The number of thiophene rings is 1. The van der Waals surface area contributed by atoms with Gasteiger partial charge in [0, 0.05) is 18.0 Å². The van der Waals surface area contributed by atoms with E-state index >= 15 is 0 Å². The summed E-state index contributed by atoms with van der Waals surface area (Å²) in [6.07, 6.45) is 3.54. The highest BCUT2D eigenvalue weighted by molar-refractivity contribution is 7.80. The average Bonchev–Trinajstić information content (AvgIpc) is 3.06. The molecule has 0 saturated heterocycles. The fourth-order valence-electron chi connectivity index (χ4n) is 2.32. The van der Waals surface area contributed by atoms with E-state index in [1.165, 1.54) is 11.3 Å². The van der Waals surface area contributed by atoms with E-state index in [1.807, 2.05) is 41.3 Å². The summed E-state index contributed by atoms with van der Waals surface area (Å²) in [7, 11) is 0. The van der Waals surface area contributed by atoms with Crippen LogP contribution in [0.25, 0.3) is 10.4 Å². The van der Waals surface area contributed by atoms with Crippen LogP contribution in [0.2, 0.25) is 0 Å². The number of hydrogen-bond donors (Lipinski definition) is 1. The normalized spacial score (nSPS) is 10.0. The van der Waals surface area contributed by atoms with Crippen LogP contribution in [-0.2, 0) is 4.74 Å². The van der Waals surface area contributed by atoms with Gasteiger partial charge in [-0.1, -0.05) is 42.5 Å². The molecule has 0 aliphatic carbocycles. The predicted octanol–water partition coefficient (Wildman–Crippen LogP) is 4.96. The van der Waals surface area contributed by atoms with Gasteiger partial charge >= 0.3 is 5.97 Å². The number of ether oxygens (including phenoxy) is 1. The highest BCUT2D eigenvalue weighted by atomic mass is 32.1. The standard InChI is InChI=1S/C20H22N2O2S2/c1-4-12-22(13-5-2)20(25)21-18-16(19(23)24-6-3)14-17(26-18)15-10-8-7-9-11-15/h4-5,7-11,14H,1-2,6,12-13H2,3H3,(H,21,25). The Balaban J connectivity index is 2.34.